The van der Waals surface area contributed by atoms with Gasteiger partial charge in [-0.25, -0.2) is 4.79 Å². The Morgan fingerprint density at radius 2 is 2.00 bits per heavy atom. The van der Waals surface area contributed by atoms with Crippen LogP contribution >= 0.6 is 15.9 Å². The van der Waals surface area contributed by atoms with Gasteiger partial charge in [0, 0.05) is 30.7 Å². The minimum atomic E-state index is -0.283. The first kappa shape index (κ1) is 14.3. The molecule has 0 spiro atoms. The highest BCUT2D eigenvalue weighted by Crippen LogP contribution is 2.26. The molecule has 0 N–H and O–H groups in total. The van der Waals surface area contributed by atoms with Crippen molar-refractivity contribution < 1.29 is 9.53 Å². The summed E-state index contributed by atoms with van der Waals surface area (Å²) < 4.78 is 5.76. The number of likely N-dealkylation sites (N-methyl/N-ethyl adjacent to an activating group) is 1. The van der Waals surface area contributed by atoms with Crippen molar-refractivity contribution in [3.05, 3.63) is 28.2 Å². The number of nitrogens with zero attached hydrogens (tertiary/aromatic N) is 2. The van der Waals surface area contributed by atoms with Crippen LogP contribution in [-0.4, -0.2) is 50.7 Å². The van der Waals surface area contributed by atoms with Crippen LogP contribution in [0, 0.1) is 0 Å². The van der Waals surface area contributed by atoms with Crippen LogP contribution in [0.1, 0.15) is 17.3 Å². The number of ether oxygens (including phenoxy) is 1. The first-order valence-electron chi connectivity index (χ1n) is 6.51. The molecule has 5 heteroatoms. The summed E-state index contributed by atoms with van der Waals surface area (Å²) in [6.45, 7) is 7.21. The molecule has 1 aliphatic heterocycles. The minimum absolute atomic E-state index is 0.283. The number of esters is 1. The molecule has 2 rings (SSSR count). The molecule has 4 nitrogen and oxygen atoms in total. The first-order valence-corrected chi connectivity index (χ1v) is 7.30. The average Bonchev–Trinajstić information content (AvgIpc) is 2.46. The van der Waals surface area contributed by atoms with Crippen LogP contribution < -0.4 is 4.90 Å². The molecular formula is C14H19BrN2O2. The monoisotopic (exact) mass is 326 g/mol. The Morgan fingerprint density at radius 1 is 1.32 bits per heavy atom. The lowest BCUT2D eigenvalue weighted by molar-refractivity contribution is 0.0601. The van der Waals surface area contributed by atoms with Crippen LogP contribution in [0.3, 0.4) is 0 Å². The van der Waals surface area contributed by atoms with E-state index in [4.69, 9.17) is 4.74 Å². The minimum Gasteiger partial charge on any atom is -0.465 e. The van der Waals surface area contributed by atoms with Gasteiger partial charge in [-0.05, 0) is 24.7 Å². The van der Waals surface area contributed by atoms with Crippen LogP contribution in [0.25, 0.3) is 0 Å². The van der Waals surface area contributed by atoms with E-state index >= 15 is 0 Å². The fourth-order valence-electron chi connectivity index (χ4n) is 2.36. The molecule has 1 aliphatic rings. The van der Waals surface area contributed by atoms with Crippen molar-refractivity contribution in [2.24, 2.45) is 0 Å². The van der Waals surface area contributed by atoms with E-state index in [1.807, 2.05) is 18.2 Å². The van der Waals surface area contributed by atoms with E-state index in [1.165, 1.54) is 7.11 Å². The molecule has 0 amide bonds. The molecule has 0 unspecified atom stereocenters. The maximum atomic E-state index is 11.9. The zero-order chi connectivity index (χ0) is 13.8. The molecule has 0 aliphatic carbocycles. The van der Waals surface area contributed by atoms with Gasteiger partial charge >= 0.3 is 5.97 Å². The second kappa shape index (κ2) is 6.39. The van der Waals surface area contributed by atoms with E-state index in [2.05, 4.69) is 32.7 Å². The Hall–Kier alpha value is -1.07. The molecule has 0 atom stereocenters. The second-order valence-corrected chi connectivity index (χ2v) is 5.49. The van der Waals surface area contributed by atoms with Crippen molar-refractivity contribution in [3.63, 3.8) is 0 Å². The molecule has 0 aromatic heterocycles. The summed E-state index contributed by atoms with van der Waals surface area (Å²) in [6.07, 6.45) is 0. The Bertz CT molecular complexity index is 457. The van der Waals surface area contributed by atoms with Crippen molar-refractivity contribution in [1.29, 1.82) is 0 Å². The van der Waals surface area contributed by atoms with Crippen molar-refractivity contribution in [2.75, 3.05) is 44.7 Å². The van der Waals surface area contributed by atoms with E-state index < -0.39 is 0 Å². The second-order valence-electron chi connectivity index (χ2n) is 4.57. The van der Waals surface area contributed by atoms with Gasteiger partial charge in [0.2, 0.25) is 0 Å². The van der Waals surface area contributed by atoms with Gasteiger partial charge in [0.15, 0.2) is 0 Å². The van der Waals surface area contributed by atoms with Gasteiger partial charge in [0.1, 0.15) is 0 Å². The number of benzene rings is 1. The number of carbonyl (C=O) groups excluding carboxylic acids is 1. The third-order valence-electron chi connectivity index (χ3n) is 3.52. The SMILES string of the molecule is CCN1CCN(c2ccc(Br)cc2C(=O)OC)CC1. The third-order valence-corrected chi connectivity index (χ3v) is 4.02. The highest BCUT2D eigenvalue weighted by atomic mass is 79.9. The smallest absolute Gasteiger partial charge is 0.340 e. The zero-order valence-corrected chi connectivity index (χ0v) is 12.9. The zero-order valence-electron chi connectivity index (χ0n) is 11.4. The van der Waals surface area contributed by atoms with Crippen molar-refractivity contribution in [1.82, 2.24) is 4.90 Å². The van der Waals surface area contributed by atoms with Crippen LogP contribution in [0.15, 0.2) is 22.7 Å². The summed E-state index contributed by atoms with van der Waals surface area (Å²) in [6, 6.07) is 5.78. The quantitative estimate of drug-likeness (QED) is 0.798. The molecule has 19 heavy (non-hydrogen) atoms. The number of methoxy groups -OCH3 is 1. The maximum absolute atomic E-state index is 11.9. The molecule has 1 heterocycles. The molecule has 0 bridgehead atoms. The van der Waals surface area contributed by atoms with Gasteiger partial charge in [0.05, 0.1) is 18.4 Å². The lowest BCUT2D eigenvalue weighted by Gasteiger charge is -2.36. The van der Waals surface area contributed by atoms with Crippen LogP contribution in [-0.2, 0) is 4.74 Å². The topological polar surface area (TPSA) is 32.8 Å². The van der Waals surface area contributed by atoms with E-state index in [0.29, 0.717) is 5.56 Å². The summed E-state index contributed by atoms with van der Waals surface area (Å²) in [5, 5.41) is 0. The predicted octanol–water partition coefficient (Wildman–Crippen LogP) is 2.38. The largest absolute Gasteiger partial charge is 0.465 e. The number of carbonyl (C=O) groups is 1. The van der Waals surface area contributed by atoms with Gasteiger partial charge < -0.3 is 14.5 Å². The lowest BCUT2D eigenvalue weighted by Crippen LogP contribution is -2.46. The number of rotatable bonds is 3. The van der Waals surface area contributed by atoms with Gasteiger partial charge in [0.25, 0.3) is 0 Å². The number of halogens is 1. The standard InChI is InChI=1S/C14H19BrN2O2/c1-3-16-6-8-17(9-7-16)13-5-4-11(15)10-12(13)14(18)19-2/h4-5,10H,3,6-9H2,1-2H3. The summed E-state index contributed by atoms with van der Waals surface area (Å²) in [7, 11) is 1.42. The first-order chi connectivity index (χ1) is 9.15. The van der Waals surface area contributed by atoms with Gasteiger partial charge in [-0.15, -0.1) is 0 Å². The molecule has 1 aromatic carbocycles. The molecule has 1 aromatic rings. The molecule has 104 valence electrons. The van der Waals surface area contributed by atoms with Gasteiger partial charge in [-0.1, -0.05) is 22.9 Å². The van der Waals surface area contributed by atoms with Gasteiger partial charge in [-0.2, -0.15) is 0 Å². The van der Waals surface area contributed by atoms with E-state index in [9.17, 15) is 4.79 Å². The predicted molar refractivity (Wildman–Crippen MR) is 79.8 cm³/mol. The number of hydrogen-bond donors (Lipinski definition) is 0. The maximum Gasteiger partial charge on any atom is 0.340 e. The Balaban J connectivity index is 2.22. The summed E-state index contributed by atoms with van der Waals surface area (Å²) in [4.78, 5) is 16.5. The number of piperazine rings is 1. The van der Waals surface area contributed by atoms with Crippen molar-refractivity contribution in [3.8, 4) is 0 Å². The van der Waals surface area contributed by atoms with Crippen LogP contribution in [0.2, 0.25) is 0 Å². The molecule has 1 fully saturated rings. The fourth-order valence-corrected chi connectivity index (χ4v) is 2.72. The Morgan fingerprint density at radius 3 is 2.58 bits per heavy atom. The van der Waals surface area contributed by atoms with Crippen LogP contribution in [0.5, 0.6) is 0 Å². The van der Waals surface area contributed by atoms with E-state index in [1.54, 1.807) is 0 Å². The molecule has 1 saturated heterocycles. The molecule has 0 radical (unpaired) electrons. The highest BCUT2D eigenvalue weighted by molar-refractivity contribution is 9.10. The number of hydrogen-bond acceptors (Lipinski definition) is 4. The molecular weight excluding hydrogens is 308 g/mol. The summed E-state index contributed by atoms with van der Waals surface area (Å²) in [5.41, 5.74) is 1.59. The fraction of sp³-hybridized carbons (Fsp3) is 0.500. The van der Waals surface area contributed by atoms with E-state index in [-0.39, 0.29) is 5.97 Å². The average molecular weight is 327 g/mol. The van der Waals surface area contributed by atoms with Crippen LogP contribution in [0.4, 0.5) is 5.69 Å². The lowest BCUT2D eigenvalue weighted by atomic mass is 10.1. The third kappa shape index (κ3) is 3.28. The summed E-state index contributed by atoms with van der Waals surface area (Å²) >= 11 is 3.40. The van der Waals surface area contributed by atoms with E-state index in [0.717, 1.165) is 42.9 Å². The van der Waals surface area contributed by atoms with Crippen molar-refractivity contribution >= 4 is 27.6 Å². The van der Waals surface area contributed by atoms with Gasteiger partial charge in [-0.3, -0.25) is 0 Å². The summed E-state index contributed by atoms with van der Waals surface area (Å²) in [5.74, 6) is -0.283. The number of anilines is 1. The highest BCUT2D eigenvalue weighted by Gasteiger charge is 2.21. The molecule has 0 saturated carbocycles. The Labute approximate surface area is 122 Å². The Kier molecular flexibility index (Phi) is 4.82. The normalized spacial score (nSPS) is 16.5. The van der Waals surface area contributed by atoms with Crippen molar-refractivity contribution in [2.45, 2.75) is 6.92 Å².